The number of nitrogens with zero attached hydrogens (tertiary/aromatic N) is 1. The number of ether oxygens (including phenoxy) is 1. The number of hydrogen-bond acceptors (Lipinski definition) is 3. The van der Waals surface area contributed by atoms with E-state index in [1.54, 1.807) is 7.11 Å². The van der Waals surface area contributed by atoms with Crippen LogP contribution in [0.25, 0.3) is 0 Å². The first kappa shape index (κ1) is 10.4. The maximum absolute atomic E-state index is 5.63. The van der Waals surface area contributed by atoms with Gasteiger partial charge in [0.1, 0.15) is 16.1 Å². The average molecular weight is 236 g/mol. The second kappa shape index (κ2) is 3.64. The first-order valence-corrected chi connectivity index (χ1v) is 6.34. The Labute approximate surface area is 100 Å². The Hall–Kier alpha value is -0.740. The molecule has 16 heavy (non-hydrogen) atoms. The fourth-order valence-corrected chi connectivity index (χ4v) is 3.03. The van der Waals surface area contributed by atoms with Crippen molar-refractivity contribution in [2.45, 2.75) is 44.1 Å². The molecule has 2 aliphatic rings. The topological polar surface area (TPSA) is 37.9 Å². The van der Waals surface area contributed by atoms with Gasteiger partial charge in [0.25, 0.3) is 0 Å². The third-order valence-electron chi connectivity index (χ3n) is 3.94. The van der Waals surface area contributed by atoms with Crippen LogP contribution in [0, 0.1) is 4.64 Å². The van der Waals surface area contributed by atoms with Crippen molar-refractivity contribution < 1.29 is 4.74 Å². The van der Waals surface area contributed by atoms with Crippen molar-refractivity contribution in [3.63, 3.8) is 0 Å². The van der Waals surface area contributed by atoms with Crippen molar-refractivity contribution in [3.05, 3.63) is 21.7 Å². The molecule has 0 atom stereocenters. The van der Waals surface area contributed by atoms with Crippen LogP contribution >= 0.6 is 12.2 Å². The Balaban J connectivity index is 2.09. The molecule has 0 spiro atoms. The summed E-state index contributed by atoms with van der Waals surface area (Å²) in [5.74, 6) is 0.951. The zero-order valence-electron chi connectivity index (χ0n) is 9.51. The number of fused-ring (bicyclic) bond motifs is 1. The molecule has 86 valence electrons. The predicted octanol–water partition coefficient (Wildman–Crippen LogP) is 2.65. The Morgan fingerprint density at radius 3 is 2.75 bits per heavy atom. The van der Waals surface area contributed by atoms with Crippen molar-refractivity contribution in [2.75, 3.05) is 7.11 Å². The molecular formula is C12H16N2OS. The maximum atomic E-state index is 5.63. The number of H-pyrrole nitrogens is 1. The van der Waals surface area contributed by atoms with Crippen LogP contribution in [0.5, 0.6) is 0 Å². The molecule has 0 radical (unpaired) electrons. The van der Waals surface area contributed by atoms with Gasteiger partial charge in [0.2, 0.25) is 0 Å². The highest BCUT2D eigenvalue weighted by Crippen LogP contribution is 2.43. The first-order valence-electron chi connectivity index (χ1n) is 5.93. The number of rotatable bonds is 2. The Morgan fingerprint density at radius 2 is 2.12 bits per heavy atom. The van der Waals surface area contributed by atoms with E-state index >= 15 is 0 Å². The second-order valence-electron chi connectivity index (χ2n) is 4.75. The molecule has 0 saturated heterocycles. The summed E-state index contributed by atoms with van der Waals surface area (Å²) in [7, 11) is 1.77. The lowest BCUT2D eigenvalue weighted by Gasteiger charge is -2.39. The van der Waals surface area contributed by atoms with Gasteiger partial charge < -0.3 is 9.72 Å². The van der Waals surface area contributed by atoms with Gasteiger partial charge >= 0.3 is 0 Å². The van der Waals surface area contributed by atoms with Crippen LogP contribution < -0.4 is 0 Å². The number of methoxy groups -OCH3 is 1. The molecule has 0 aliphatic heterocycles. The minimum atomic E-state index is -0.175. The van der Waals surface area contributed by atoms with Gasteiger partial charge in [-0.25, -0.2) is 4.98 Å². The van der Waals surface area contributed by atoms with E-state index in [2.05, 4.69) is 9.97 Å². The third-order valence-corrected chi connectivity index (χ3v) is 4.28. The molecule has 1 N–H and O–H groups in total. The lowest BCUT2D eigenvalue weighted by molar-refractivity contribution is -0.0848. The highest BCUT2D eigenvalue weighted by Gasteiger charge is 2.41. The molecule has 4 heteroatoms. The second-order valence-corrected chi connectivity index (χ2v) is 5.14. The van der Waals surface area contributed by atoms with E-state index in [4.69, 9.17) is 17.0 Å². The molecule has 0 unspecified atom stereocenters. The minimum Gasteiger partial charge on any atom is -0.370 e. The molecule has 3 rings (SSSR count). The third kappa shape index (κ3) is 1.36. The largest absolute Gasteiger partial charge is 0.370 e. The van der Waals surface area contributed by atoms with E-state index < -0.39 is 0 Å². The molecule has 1 saturated carbocycles. The smallest absolute Gasteiger partial charge is 0.140 e. The van der Waals surface area contributed by atoms with Crippen LogP contribution in [-0.2, 0) is 23.2 Å². The highest BCUT2D eigenvalue weighted by molar-refractivity contribution is 7.71. The summed E-state index contributed by atoms with van der Waals surface area (Å²) in [5, 5.41) is 0. The Bertz CT molecular complexity index is 471. The molecule has 1 aromatic heterocycles. The minimum absolute atomic E-state index is 0.175. The SMILES string of the molecule is COC1(c2nc(=S)c3c([nH]2)CCC3)CCC1. The quantitative estimate of drug-likeness (QED) is 0.802. The van der Waals surface area contributed by atoms with Gasteiger partial charge in [-0.2, -0.15) is 0 Å². The van der Waals surface area contributed by atoms with Crippen molar-refractivity contribution in [3.8, 4) is 0 Å². The normalized spacial score (nSPS) is 21.6. The van der Waals surface area contributed by atoms with Gasteiger partial charge in [-0.15, -0.1) is 0 Å². The first-order chi connectivity index (χ1) is 7.75. The fourth-order valence-electron chi connectivity index (χ4n) is 2.71. The molecule has 1 aromatic rings. The standard InChI is InChI=1S/C12H16N2OS/c1-15-12(6-3-7-12)11-13-9-5-2-4-8(9)10(16)14-11/h2-7H2,1H3,(H,13,14,16). The molecule has 1 fully saturated rings. The summed E-state index contributed by atoms with van der Waals surface area (Å²) in [6.45, 7) is 0. The van der Waals surface area contributed by atoms with Gasteiger partial charge in [-0.1, -0.05) is 12.2 Å². The number of aryl methyl sites for hydroxylation is 1. The van der Waals surface area contributed by atoms with Gasteiger partial charge in [-0.3, -0.25) is 0 Å². The van der Waals surface area contributed by atoms with E-state index in [0.717, 1.165) is 36.1 Å². The zero-order valence-corrected chi connectivity index (χ0v) is 10.3. The van der Waals surface area contributed by atoms with Crippen LogP contribution in [0.3, 0.4) is 0 Å². The van der Waals surface area contributed by atoms with Crippen molar-refractivity contribution in [1.82, 2.24) is 9.97 Å². The number of aromatic amines is 1. The zero-order chi connectivity index (χ0) is 11.2. The van der Waals surface area contributed by atoms with E-state index in [9.17, 15) is 0 Å². The van der Waals surface area contributed by atoms with Gasteiger partial charge in [0.05, 0.1) is 0 Å². The molecule has 0 bridgehead atoms. The lowest BCUT2D eigenvalue weighted by atomic mass is 9.79. The monoisotopic (exact) mass is 236 g/mol. The van der Waals surface area contributed by atoms with Gasteiger partial charge in [-0.05, 0) is 38.5 Å². The van der Waals surface area contributed by atoms with Crippen molar-refractivity contribution >= 4 is 12.2 Å². The summed E-state index contributed by atoms with van der Waals surface area (Å²) in [4.78, 5) is 8.00. The van der Waals surface area contributed by atoms with Gasteiger partial charge in [0.15, 0.2) is 0 Å². The van der Waals surface area contributed by atoms with Crippen LogP contribution in [0.15, 0.2) is 0 Å². The Kier molecular flexibility index (Phi) is 2.37. The van der Waals surface area contributed by atoms with Crippen molar-refractivity contribution in [1.29, 1.82) is 0 Å². The van der Waals surface area contributed by atoms with E-state index in [1.807, 2.05) is 0 Å². The summed E-state index contributed by atoms with van der Waals surface area (Å²) in [5.41, 5.74) is 2.37. The molecule has 0 aromatic carbocycles. The number of hydrogen-bond donors (Lipinski definition) is 1. The van der Waals surface area contributed by atoms with Gasteiger partial charge in [0, 0.05) is 18.4 Å². The molecular weight excluding hydrogens is 220 g/mol. The fraction of sp³-hybridized carbons (Fsp3) is 0.667. The summed E-state index contributed by atoms with van der Waals surface area (Å²) in [6, 6.07) is 0. The van der Waals surface area contributed by atoms with E-state index in [0.29, 0.717) is 0 Å². The van der Waals surface area contributed by atoms with E-state index in [-0.39, 0.29) is 5.60 Å². The Morgan fingerprint density at radius 1 is 1.31 bits per heavy atom. The number of nitrogens with one attached hydrogen (secondary N) is 1. The lowest BCUT2D eigenvalue weighted by Crippen LogP contribution is -2.38. The van der Waals surface area contributed by atoms with Crippen molar-refractivity contribution in [2.24, 2.45) is 0 Å². The molecule has 3 nitrogen and oxygen atoms in total. The van der Waals surface area contributed by atoms with Crippen LogP contribution in [-0.4, -0.2) is 17.1 Å². The predicted molar refractivity (Wildman–Crippen MR) is 64.0 cm³/mol. The molecule has 2 aliphatic carbocycles. The average Bonchev–Trinajstić information content (AvgIpc) is 2.65. The molecule has 1 heterocycles. The molecule has 0 amide bonds. The van der Waals surface area contributed by atoms with Crippen LogP contribution in [0.1, 0.15) is 42.8 Å². The number of aromatic nitrogens is 2. The van der Waals surface area contributed by atoms with Crippen LogP contribution in [0.4, 0.5) is 0 Å². The van der Waals surface area contributed by atoms with Crippen LogP contribution in [0.2, 0.25) is 0 Å². The summed E-state index contributed by atoms with van der Waals surface area (Å²) < 4.78 is 6.42. The summed E-state index contributed by atoms with van der Waals surface area (Å²) in [6.07, 6.45) is 6.71. The summed E-state index contributed by atoms with van der Waals surface area (Å²) >= 11 is 5.37. The van der Waals surface area contributed by atoms with E-state index in [1.165, 1.54) is 24.1 Å². The highest BCUT2D eigenvalue weighted by atomic mass is 32.1. The maximum Gasteiger partial charge on any atom is 0.140 e.